The number of rotatable bonds is 3. The topological polar surface area (TPSA) is 25.8 Å². The van der Waals surface area contributed by atoms with Crippen LogP contribution in [0.4, 0.5) is 4.39 Å². The molecular formula is C22H23FN2. The van der Waals surface area contributed by atoms with Crippen LogP contribution in [-0.2, 0) is 0 Å². The van der Waals surface area contributed by atoms with Crippen molar-refractivity contribution in [3.8, 4) is 23.2 Å². The molecule has 1 aliphatic carbocycles. The molecule has 0 saturated heterocycles. The highest BCUT2D eigenvalue weighted by Crippen LogP contribution is 2.30. The van der Waals surface area contributed by atoms with Crippen molar-refractivity contribution in [2.75, 3.05) is 0 Å². The summed E-state index contributed by atoms with van der Waals surface area (Å²) in [6.07, 6.45) is 14.0. The number of halogens is 1. The maximum Gasteiger partial charge on any atom is 0.159 e. The molecule has 0 N–H and O–H groups in total. The van der Waals surface area contributed by atoms with E-state index in [2.05, 4.69) is 40.9 Å². The van der Waals surface area contributed by atoms with Gasteiger partial charge in [0.15, 0.2) is 5.82 Å². The lowest BCUT2D eigenvalue weighted by Gasteiger charge is -2.24. The van der Waals surface area contributed by atoms with E-state index in [0.717, 1.165) is 17.0 Å². The van der Waals surface area contributed by atoms with Gasteiger partial charge < -0.3 is 0 Å². The minimum Gasteiger partial charge on any atom is -0.235 e. The van der Waals surface area contributed by atoms with Crippen molar-refractivity contribution in [2.24, 2.45) is 11.8 Å². The molecule has 1 aliphatic rings. The van der Waals surface area contributed by atoms with Crippen LogP contribution in [0.25, 0.3) is 11.4 Å². The molecule has 1 aromatic carbocycles. The third-order valence-electron chi connectivity index (χ3n) is 4.73. The summed E-state index contributed by atoms with van der Waals surface area (Å²) in [5.74, 6) is 8.24. The number of benzene rings is 1. The predicted octanol–water partition coefficient (Wildman–Crippen LogP) is 5.41. The lowest BCUT2D eigenvalue weighted by Crippen LogP contribution is -2.12. The van der Waals surface area contributed by atoms with Crippen LogP contribution in [0.2, 0.25) is 0 Å². The molecule has 0 bridgehead atoms. The Kier molecular flexibility index (Phi) is 5.95. The summed E-state index contributed by atoms with van der Waals surface area (Å²) < 4.78 is 13.0. The molecule has 25 heavy (non-hydrogen) atoms. The van der Waals surface area contributed by atoms with Crippen molar-refractivity contribution in [1.29, 1.82) is 0 Å². The zero-order valence-electron chi connectivity index (χ0n) is 14.6. The fourth-order valence-electron chi connectivity index (χ4n) is 3.20. The first-order valence-corrected chi connectivity index (χ1v) is 8.95. The van der Waals surface area contributed by atoms with E-state index in [1.807, 2.05) is 0 Å². The van der Waals surface area contributed by atoms with Crippen LogP contribution in [0.3, 0.4) is 0 Å². The molecule has 1 aromatic heterocycles. The Hall–Kier alpha value is -2.47. The van der Waals surface area contributed by atoms with Gasteiger partial charge in [0.25, 0.3) is 0 Å². The van der Waals surface area contributed by atoms with Gasteiger partial charge in [-0.3, -0.25) is 0 Å². The third kappa shape index (κ3) is 5.00. The highest BCUT2D eigenvalue weighted by atomic mass is 19.1. The average Bonchev–Trinajstić information content (AvgIpc) is 2.67. The Morgan fingerprint density at radius 2 is 1.76 bits per heavy atom. The van der Waals surface area contributed by atoms with Crippen molar-refractivity contribution >= 4 is 0 Å². The van der Waals surface area contributed by atoms with E-state index in [1.165, 1.54) is 44.2 Å². The Balaban J connectivity index is 1.58. The zero-order chi connectivity index (χ0) is 17.5. The molecule has 0 radical (unpaired) electrons. The van der Waals surface area contributed by atoms with Gasteiger partial charge >= 0.3 is 0 Å². The van der Waals surface area contributed by atoms with Crippen LogP contribution < -0.4 is 0 Å². The van der Waals surface area contributed by atoms with Gasteiger partial charge in [-0.15, -0.1) is 0 Å². The van der Waals surface area contributed by atoms with E-state index in [4.69, 9.17) is 0 Å². The maximum absolute atomic E-state index is 13.0. The van der Waals surface area contributed by atoms with Crippen molar-refractivity contribution in [3.63, 3.8) is 0 Å². The SMILES string of the molecule is C/C=C/CC1CCC(C#Cc2cnc(-c3ccc(F)cc3)nc2)CC1. The van der Waals surface area contributed by atoms with Crippen LogP contribution in [0, 0.1) is 29.5 Å². The van der Waals surface area contributed by atoms with Gasteiger partial charge in [-0.25, -0.2) is 14.4 Å². The Labute approximate surface area is 149 Å². The standard InChI is InChI=1S/C22H23FN2/c1-2-3-4-17-5-7-18(8-6-17)9-10-19-15-24-22(25-16-19)20-11-13-21(23)14-12-20/h2-3,11-18H,4-8H2,1H3/b3-2+. The van der Waals surface area contributed by atoms with Crippen LogP contribution in [0.5, 0.6) is 0 Å². The molecule has 3 heteroatoms. The minimum absolute atomic E-state index is 0.258. The molecule has 1 heterocycles. The fraction of sp³-hybridized carbons (Fsp3) is 0.364. The molecule has 0 unspecified atom stereocenters. The number of nitrogens with zero attached hydrogens (tertiary/aromatic N) is 2. The largest absolute Gasteiger partial charge is 0.235 e. The van der Waals surface area contributed by atoms with Crippen LogP contribution in [0.1, 0.15) is 44.6 Å². The smallest absolute Gasteiger partial charge is 0.159 e. The Bertz CT molecular complexity index is 758. The van der Waals surface area contributed by atoms with Gasteiger partial charge in [-0.2, -0.15) is 0 Å². The number of allylic oxidation sites excluding steroid dienone is 2. The molecule has 0 spiro atoms. The molecule has 0 atom stereocenters. The first-order valence-electron chi connectivity index (χ1n) is 8.95. The van der Waals surface area contributed by atoms with E-state index in [0.29, 0.717) is 11.7 Å². The molecule has 3 rings (SSSR count). The Morgan fingerprint density at radius 3 is 2.40 bits per heavy atom. The van der Waals surface area contributed by atoms with Crippen LogP contribution >= 0.6 is 0 Å². The lowest BCUT2D eigenvalue weighted by molar-refractivity contribution is 0.319. The average molecular weight is 334 g/mol. The summed E-state index contributed by atoms with van der Waals surface area (Å²) in [5.41, 5.74) is 1.64. The highest BCUT2D eigenvalue weighted by Gasteiger charge is 2.18. The summed E-state index contributed by atoms with van der Waals surface area (Å²) in [6, 6.07) is 6.20. The molecule has 2 nitrogen and oxygen atoms in total. The summed E-state index contributed by atoms with van der Waals surface area (Å²) >= 11 is 0. The van der Waals surface area contributed by atoms with Gasteiger partial charge in [0.05, 0.1) is 5.56 Å². The highest BCUT2D eigenvalue weighted by molar-refractivity contribution is 5.54. The second-order valence-electron chi connectivity index (χ2n) is 6.59. The number of hydrogen-bond donors (Lipinski definition) is 0. The van der Waals surface area contributed by atoms with Crippen molar-refractivity contribution < 1.29 is 4.39 Å². The zero-order valence-corrected chi connectivity index (χ0v) is 14.6. The van der Waals surface area contributed by atoms with Crippen molar-refractivity contribution in [3.05, 3.63) is 60.2 Å². The molecule has 128 valence electrons. The van der Waals surface area contributed by atoms with Crippen molar-refractivity contribution in [2.45, 2.75) is 39.0 Å². The molecule has 2 aromatic rings. The quantitative estimate of drug-likeness (QED) is 0.554. The molecule has 1 saturated carbocycles. The summed E-state index contributed by atoms with van der Waals surface area (Å²) in [4.78, 5) is 8.69. The molecular weight excluding hydrogens is 311 g/mol. The lowest BCUT2D eigenvalue weighted by atomic mass is 9.81. The number of aromatic nitrogens is 2. The summed E-state index contributed by atoms with van der Waals surface area (Å²) in [5, 5.41) is 0. The van der Waals surface area contributed by atoms with Crippen LogP contribution in [0.15, 0.2) is 48.8 Å². The monoisotopic (exact) mass is 334 g/mol. The summed E-state index contributed by atoms with van der Waals surface area (Å²) in [6.45, 7) is 2.08. The molecule has 1 fully saturated rings. The van der Waals surface area contributed by atoms with E-state index in [-0.39, 0.29) is 5.82 Å². The van der Waals surface area contributed by atoms with Gasteiger partial charge in [0.2, 0.25) is 0 Å². The van der Waals surface area contributed by atoms with Crippen LogP contribution in [-0.4, -0.2) is 9.97 Å². The normalized spacial score (nSPS) is 20.2. The van der Waals surface area contributed by atoms with Gasteiger partial charge in [-0.1, -0.05) is 24.0 Å². The third-order valence-corrected chi connectivity index (χ3v) is 4.73. The van der Waals surface area contributed by atoms with E-state index >= 15 is 0 Å². The van der Waals surface area contributed by atoms with Gasteiger partial charge in [-0.05, 0) is 69.2 Å². The first kappa shape index (κ1) is 17.4. The van der Waals surface area contributed by atoms with E-state index in [9.17, 15) is 4.39 Å². The van der Waals surface area contributed by atoms with Gasteiger partial charge in [0.1, 0.15) is 5.82 Å². The second kappa shape index (κ2) is 8.58. The van der Waals surface area contributed by atoms with E-state index in [1.54, 1.807) is 24.5 Å². The maximum atomic E-state index is 13.0. The predicted molar refractivity (Wildman–Crippen MR) is 99.2 cm³/mol. The first-order chi connectivity index (χ1) is 12.2. The fourth-order valence-corrected chi connectivity index (χ4v) is 3.20. The minimum atomic E-state index is -0.258. The number of hydrogen-bond acceptors (Lipinski definition) is 2. The molecule has 0 aliphatic heterocycles. The summed E-state index contributed by atoms with van der Waals surface area (Å²) in [7, 11) is 0. The van der Waals surface area contributed by atoms with Crippen molar-refractivity contribution in [1.82, 2.24) is 9.97 Å². The Morgan fingerprint density at radius 1 is 1.08 bits per heavy atom. The van der Waals surface area contributed by atoms with E-state index < -0.39 is 0 Å². The second-order valence-corrected chi connectivity index (χ2v) is 6.59. The van der Waals surface area contributed by atoms with Gasteiger partial charge in [0, 0.05) is 23.9 Å². The molecule has 0 amide bonds.